The van der Waals surface area contributed by atoms with Crippen LogP contribution in [0.4, 0.5) is 0 Å². The number of carbonyl (C=O) groups excluding carboxylic acids is 1. The van der Waals surface area contributed by atoms with Crippen molar-refractivity contribution in [3.8, 4) is 0 Å². The molecule has 0 aromatic carbocycles. The van der Waals surface area contributed by atoms with Crippen LogP contribution in [0.1, 0.15) is 12.8 Å². The fourth-order valence-electron chi connectivity index (χ4n) is 1.79. The number of amides is 1. The third-order valence-corrected chi connectivity index (χ3v) is 2.41. The Labute approximate surface area is 71.4 Å². The fourth-order valence-corrected chi connectivity index (χ4v) is 1.79. The van der Waals surface area contributed by atoms with Gasteiger partial charge in [-0.25, -0.2) is 0 Å². The van der Waals surface area contributed by atoms with Crippen molar-refractivity contribution in [3.05, 3.63) is 35.5 Å². The lowest BCUT2D eigenvalue weighted by atomic mass is 9.90. The topological polar surface area (TPSA) is 43.1 Å². The molecular formula is C10H11NO. The van der Waals surface area contributed by atoms with Crippen molar-refractivity contribution in [1.82, 2.24) is 0 Å². The van der Waals surface area contributed by atoms with Gasteiger partial charge in [-0.2, -0.15) is 0 Å². The van der Waals surface area contributed by atoms with Crippen LogP contribution in [-0.4, -0.2) is 5.91 Å². The zero-order chi connectivity index (χ0) is 8.55. The van der Waals surface area contributed by atoms with Crippen molar-refractivity contribution in [1.29, 1.82) is 0 Å². The maximum atomic E-state index is 10.9. The molecule has 2 N–H and O–H groups in total. The van der Waals surface area contributed by atoms with Crippen molar-refractivity contribution >= 4 is 5.91 Å². The average molecular weight is 161 g/mol. The van der Waals surface area contributed by atoms with E-state index in [1.165, 1.54) is 0 Å². The van der Waals surface area contributed by atoms with E-state index in [9.17, 15) is 4.79 Å². The Hall–Kier alpha value is -1.31. The SMILES string of the molecule is NC(=O)C1=C2C=CCCC2C=C1. The van der Waals surface area contributed by atoms with E-state index in [1.807, 2.05) is 12.2 Å². The van der Waals surface area contributed by atoms with Crippen LogP contribution < -0.4 is 5.73 Å². The summed E-state index contributed by atoms with van der Waals surface area (Å²) < 4.78 is 0. The van der Waals surface area contributed by atoms with Gasteiger partial charge in [0.25, 0.3) is 0 Å². The Morgan fingerprint density at radius 2 is 2.33 bits per heavy atom. The average Bonchev–Trinajstić information content (AvgIpc) is 2.47. The van der Waals surface area contributed by atoms with Gasteiger partial charge in [0.1, 0.15) is 0 Å². The first-order chi connectivity index (χ1) is 5.79. The molecule has 0 saturated carbocycles. The van der Waals surface area contributed by atoms with Crippen LogP contribution in [-0.2, 0) is 4.79 Å². The van der Waals surface area contributed by atoms with Crippen LogP contribution in [0.15, 0.2) is 35.5 Å². The van der Waals surface area contributed by atoms with E-state index in [-0.39, 0.29) is 5.91 Å². The van der Waals surface area contributed by atoms with Gasteiger partial charge in [-0.15, -0.1) is 0 Å². The number of hydrogen-bond donors (Lipinski definition) is 1. The summed E-state index contributed by atoms with van der Waals surface area (Å²) in [5.41, 5.74) is 7.02. The van der Waals surface area contributed by atoms with E-state index < -0.39 is 0 Å². The Morgan fingerprint density at radius 1 is 1.50 bits per heavy atom. The van der Waals surface area contributed by atoms with Crippen LogP contribution in [0.5, 0.6) is 0 Å². The second-order valence-corrected chi connectivity index (χ2v) is 3.18. The molecule has 0 saturated heterocycles. The third-order valence-electron chi connectivity index (χ3n) is 2.41. The monoisotopic (exact) mass is 161 g/mol. The summed E-state index contributed by atoms with van der Waals surface area (Å²) >= 11 is 0. The van der Waals surface area contributed by atoms with Gasteiger partial charge in [0.2, 0.25) is 5.91 Å². The van der Waals surface area contributed by atoms with E-state index in [0.29, 0.717) is 11.5 Å². The predicted octanol–water partition coefficient (Wildman–Crippen LogP) is 1.30. The van der Waals surface area contributed by atoms with Gasteiger partial charge in [-0.1, -0.05) is 24.3 Å². The molecule has 0 radical (unpaired) electrons. The smallest absolute Gasteiger partial charge is 0.248 e. The number of primary amides is 1. The van der Waals surface area contributed by atoms with Gasteiger partial charge < -0.3 is 5.73 Å². The summed E-state index contributed by atoms with van der Waals surface area (Å²) in [4.78, 5) is 10.9. The Morgan fingerprint density at radius 3 is 3.08 bits per heavy atom. The third kappa shape index (κ3) is 0.998. The van der Waals surface area contributed by atoms with Gasteiger partial charge in [-0.05, 0) is 18.4 Å². The molecule has 0 aromatic rings. The molecule has 2 aliphatic rings. The summed E-state index contributed by atoms with van der Waals surface area (Å²) in [5, 5.41) is 0. The molecule has 1 amide bonds. The van der Waals surface area contributed by atoms with Gasteiger partial charge in [-0.3, -0.25) is 4.79 Å². The molecule has 0 aromatic heterocycles. The van der Waals surface area contributed by atoms with E-state index in [4.69, 9.17) is 5.73 Å². The van der Waals surface area contributed by atoms with E-state index in [1.54, 1.807) is 0 Å². The highest BCUT2D eigenvalue weighted by Gasteiger charge is 2.22. The van der Waals surface area contributed by atoms with Gasteiger partial charge in [0.05, 0.1) is 0 Å². The van der Waals surface area contributed by atoms with Crippen LogP contribution >= 0.6 is 0 Å². The minimum absolute atomic E-state index is 0.310. The first-order valence-electron chi connectivity index (χ1n) is 4.18. The molecular weight excluding hydrogens is 150 g/mol. The normalized spacial score (nSPS) is 26.2. The highest BCUT2D eigenvalue weighted by Crippen LogP contribution is 2.33. The van der Waals surface area contributed by atoms with Crippen molar-refractivity contribution in [2.24, 2.45) is 11.7 Å². The van der Waals surface area contributed by atoms with Crippen molar-refractivity contribution in [3.63, 3.8) is 0 Å². The lowest BCUT2D eigenvalue weighted by Crippen LogP contribution is -2.14. The van der Waals surface area contributed by atoms with Crippen LogP contribution in [0.25, 0.3) is 0 Å². The Balaban J connectivity index is 2.42. The molecule has 2 heteroatoms. The maximum absolute atomic E-state index is 10.9. The lowest BCUT2D eigenvalue weighted by molar-refractivity contribution is -0.114. The quantitative estimate of drug-likeness (QED) is 0.619. The molecule has 62 valence electrons. The van der Waals surface area contributed by atoms with Crippen LogP contribution in [0, 0.1) is 5.92 Å². The minimum Gasteiger partial charge on any atom is -0.366 e. The molecule has 2 aliphatic carbocycles. The van der Waals surface area contributed by atoms with Crippen LogP contribution in [0.2, 0.25) is 0 Å². The molecule has 0 fully saturated rings. The molecule has 2 nitrogen and oxygen atoms in total. The first-order valence-corrected chi connectivity index (χ1v) is 4.18. The molecule has 0 spiro atoms. The second kappa shape index (κ2) is 2.63. The number of nitrogens with two attached hydrogens (primary N) is 1. The molecule has 0 bridgehead atoms. The van der Waals surface area contributed by atoms with Crippen LogP contribution in [0.3, 0.4) is 0 Å². The number of rotatable bonds is 1. The van der Waals surface area contributed by atoms with Gasteiger partial charge in [0, 0.05) is 11.5 Å². The molecule has 12 heavy (non-hydrogen) atoms. The number of carbonyl (C=O) groups is 1. The highest BCUT2D eigenvalue weighted by atomic mass is 16.1. The molecule has 0 aliphatic heterocycles. The highest BCUT2D eigenvalue weighted by molar-refractivity contribution is 5.97. The van der Waals surface area contributed by atoms with Crippen molar-refractivity contribution in [2.45, 2.75) is 12.8 Å². The zero-order valence-electron chi connectivity index (χ0n) is 6.79. The van der Waals surface area contributed by atoms with E-state index >= 15 is 0 Å². The number of allylic oxidation sites excluding steroid dienone is 4. The summed E-state index contributed by atoms with van der Waals surface area (Å²) in [6.07, 6.45) is 10.2. The Kier molecular flexibility index (Phi) is 1.61. The standard InChI is InChI=1S/C10H11NO/c11-10(12)9-6-5-7-3-1-2-4-8(7)9/h2,4-7H,1,3H2,(H2,11,12). The van der Waals surface area contributed by atoms with Gasteiger partial charge >= 0.3 is 0 Å². The molecule has 2 rings (SSSR count). The van der Waals surface area contributed by atoms with Crippen molar-refractivity contribution < 1.29 is 4.79 Å². The van der Waals surface area contributed by atoms with Gasteiger partial charge in [0.15, 0.2) is 0 Å². The molecule has 0 heterocycles. The van der Waals surface area contributed by atoms with E-state index in [2.05, 4.69) is 12.2 Å². The van der Waals surface area contributed by atoms with E-state index in [0.717, 1.165) is 18.4 Å². The molecule has 1 atom stereocenters. The zero-order valence-corrected chi connectivity index (χ0v) is 6.79. The van der Waals surface area contributed by atoms with Crippen molar-refractivity contribution in [2.75, 3.05) is 0 Å². The maximum Gasteiger partial charge on any atom is 0.248 e. The predicted molar refractivity (Wildman–Crippen MR) is 47.2 cm³/mol. The number of hydrogen-bond acceptors (Lipinski definition) is 1. The summed E-state index contributed by atoms with van der Waals surface area (Å²) in [6, 6.07) is 0. The largest absolute Gasteiger partial charge is 0.366 e. The minimum atomic E-state index is -0.310. The summed E-state index contributed by atoms with van der Waals surface area (Å²) in [5.74, 6) is 0.132. The fraction of sp³-hybridized carbons (Fsp3) is 0.300. The Bertz CT molecular complexity index is 310. The summed E-state index contributed by atoms with van der Waals surface area (Å²) in [7, 11) is 0. The first kappa shape index (κ1) is 7.35. The second-order valence-electron chi connectivity index (χ2n) is 3.18. The summed E-state index contributed by atoms with van der Waals surface area (Å²) in [6.45, 7) is 0. The molecule has 1 unspecified atom stereocenters. The number of fused-ring (bicyclic) bond motifs is 1. The lowest BCUT2D eigenvalue weighted by Gasteiger charge is -2.14.